The number of anilines is 1. The maximum Gasteiger partial charge on any atom is 0.261 e. The van der Waals surface area contributed by atoms with Gasteiger partial charge in [-0.05, 0) is 18.6 Å². The smallest absolute Gasteiger partial charge is 0.261 e. The number of halogens is 3. The fourth-order valence-electron chi connectivity index (χ4n) is 4.55. The number of carbonyl (C=O) groups excluding carboxylic acids is 1. The van der Waals surface area contributed by atoms with Crippen LogP contribution in [-0.4, -0.2) is 74.4 Å². The highest BCUT2D eigenvalue weighted by atomic mass is 35.5. The summed E-state index contributed by atoms with van der Waals surface area (Å²) in [7, 11) is 2.85. The maximum absolute atomic E-state index is 15.1. The molecule has 2 aromatic heterocycles. The summed E-state index contributed by atoms with van der Waals surface area (Å²) in [6.45, 7) is 4.67. The molecule has 2 aromatic carbocycles. The summed E-state index contributed by atoms with van der Waals surface area (Å²) in [4.78, 5) is 23.2. The third-order valence-electron chi connectivity index (χ3n) is 6.75. The number of aromatic nitrogens is 2. The van der Waals surface area contributed by atoms with E-state index in [0.29, 0.717) is 29.0 Å². The number of fused-ring (bicyclic) bond motifs is 1. The third-order valence-corrected chi connectivity index (χ3v) is 6.96. The van der Waals surface area contributed by atoms with Gasteiger partial charge in [0.25, 0.3) is 5.91 Å². The monoisotopic (exact) mass is 614 g/mol. The Morgan fingerprint density at radius 3 is 2.53 bits per heavy atom. The number of nitrogens with one attached hydrogen (secondary N) is 1. The molecule has 1 amide bonds. The molecule has 43 heavy (non-hydrogen) atoms. The number of morpholine rings is 1. The van der Waals surface area contributed by atoms with Crippen LogP contribution in [0.3, 0.4) is 0 Å². The minimum atomic E-state index is -0.922. The highest BCUT2D eigenvalue weighted by Crippen LogP contribution is 2.38. The van der Waals surface area contributed by atoms with Gasteiger partial charge in [0.1, 0.15) is 22.2 Å². The van der Waals surface area contributed by atoms with Crippen LogP contribution in [0.1, 0.15) is 16.8 Å². The van der Waals surface area contributed by atoms with E-state index in [4.69, 9.17) is 35.3 Å². The molecule has 0 spiro atoms. The van der Waals surface area contributed by atoms with E-state index in [-0.39, 0.29) is 22.2 Å². The number of rotatable bonds is 11. The van der Waals surface area contributed by atoms with Gasteiger partial charge in [0.2, 0.25) is 0 Å². The zero-order valence-electron chi connectivity index (χ0n) is 23.5. The van der Waals surface area contributed by atoms with Gasteiger partial charge in [-0.15, -0.1) is 0 Å². The lowest BCUT2D eigenvalue weighted by atomic mass is 10.1. The maximum atomic E-state index is 15.1. The molecule has 0 bridgehead atoms. The van der Waals surface area contributed by atoms with Gasteiger partial charge < -0.3 is 29.0 Å². The first-order valence-corrected chi connectivity index (χ1v) is 13.8. The van der Waals surface area contributed by atoms with Crippen LogP contribution in [0.15, 0.2) is 48.8 Å². The molecular weight excluding hydrogens is 586 g/mol. The minimum Gasteiger partial charge on any atom is -0.496 e. The molecule has 4 aromatic rings. The molecule has 1 fully saturated rings. The molecular formula is C30H29ClF2N4O6. The number of methoxy groups -OCH3 is 2. The fourth-order valence-corrected chi connectivity index (χ4v) is 4.70. The molecule has 0 atom stereocenters. The van der Waals surface area contributed by atoms with E-state index in [1.54, 1.807) is 12.1 Å². The van der Waals surface area contributed by atoms with Crippen molar-refractivity contribution in [3.05, 3.63) is 71.1 Å². The molecule has 0 radical (unpaired) electrons. The predicted octanol–water partition coefficient (Wildman–Crippen LogP) is 5.72. The summed E-state index contributed by atoms with van der Waals surface area (Å²) >= 11 is 5.83. The SMILES string of the molecule is COc1cc2c(Oc3cc(F)c(NC(=O)c4cnc(Cl)cc4OC)cc3F)ccnc2cc1OCCCN1CCOCC1. The Kier molecular flexibility index (Phi) is 9.70. The van der Waals surface area contributed by atoms with Crippen molar-refractivity contribution in [1.82, 2.24) is 14.9 Å². The summed E-state index contributed by atoms with van der Waals surface area (Å²) in [5, 5.41) is 2.93. The van der Waals surface area contributed by atoms with E-state index < -0.39 is 29.0 Å². The van der Waals surface area contributed by atoms with E-state index in [1.807, 2.05) is 0 Å². The lowest BCUT2D eigenvalue weighted by Crippen LogP contribution is -2.37. The highest BCUT2D eigenvalue weighted by molar-refractivity contribution is 6.29. The second kappa shape index (κ2) is 13.8. The summed E-state index contributed by atoms with van der Waals surface area (Å²) in [6, 6.07) is 7.91. The molecule has 1 aliphatic rings. The number of ether oxygens (including phenoxy) is 5. The molecule has 0 unspecified atom stereocenters. The van der Waals surface area contributed by atoms with Crippen molar-refractivity contribution in [3.8, 4) is 28.7 Å². The Labute approximate surface area is 251 Å². The topological polar surface area (TPSA) is 104 Å². The summed E-state index contributed by atoms with van der Waals surface area (Å²) < 4.78 is 57.9. The van der Waals surface area contributed by atoms with Crippen molar-refractivity contribution in [1.29, 1.82) is 0 Å². The Hall–Kier alpha value is -4.26. The van der Waals surface area contributed by atoms with Gasteiger partial charge in [0, 0.05) is 61.7 Å². The Morgan fingerprint density at radius 1 is 0.977 bits per heavy atom. The summed E-state index contributed by atoms with van der Waals surface area (Å²) in [5.74, 6) is -1.70. The van der Waals surface area contributed by atoms with Crippen LogP contribution < -0.4 is 24.3 Å². The molecule has 1 saturated heterocycles. The van der Waals surface area contributed by atoms with E-state index in [2.05, 4.69) is 20.2 Å². The van der Waals surface area contributed by atoms with E-state index in [1.165, 1.54) is 38.7 Å². The Bertz CT molecular complexity index is 1620. The third kappa shape index (κ3) is 7.22. The van der Waals surface area contributed by atoms with Crippen LogP contribution >= 0.6 is 11.6 Å². The minimum absolute atomic E-state index is 0.00955. The molecule has 1 N–H and O–H groups in total. The largest absolute Gasteiger partial charge is 0.496 e. The van der Waals surface area contributed by atoms with Crippen LogP contribution in [0.2, 0.25) is 5.15 Å². The molecule has 10 nitrogen and oxygen atoms in total. The van der Waals surface area contributed by atoms with Gasteiger partial charge in [0.15, 0.2) is 28.9 Å². The van der Waals surface area contributed by atoms with Crippen molar-refractivity contribution >= 4 is 34.1 Å². The van der Waals surface area contributed by atoms with Crippen LogP contribution in [0.4, 0.5) is 14.5 Å². The quantitative estimate of drug-likeness (QED) is 0.168. The Balaban J connectivity index is 1.31. The molecule has 0 saturated carbocycles. The molecule has 226 valence electrons. The zero-order valence-corrected chi connectivity index (χ0v) is 24.2. The molecule has 5 rings (SSSR count). The fraction of sp³-hybridized carbons (Fsp3) is 0.300. The standard InChI is InChI=1S/C30H29ClF2N4O6/c1-39-25-16-29(31)35-17-19(25)30(38)36-23-13-21(33)26(14-20(23)32)43-24-4-5-34-22-15-28(27(40-2)12-18(22)24)42-9-3-6-37-7-10-41-11-8-37/h4-5,12-17H,3,6-11H2,1-2H3,(H,36,38). The first kappa shape index (κ1) is 30.2. The average Bonchev–Trinajstić information content (AvgIpc) is 3.01. The van der Waals surface area contributed by atoms with Crippen molar-refractivity contribution in [2.45, 2.75) is 6.42 Å². The lowest BCUT2D eigenvalue weighted by Gasteiger charge is -2.26. The van der Waals surface area contributed by atoms with Crippen molar-refractivity contribution in [2.75, 3.05) is 59.0 Å². The van der Waals surface area contributed by atoms with Gasteiger partial charge in [-0.2, -0.15) is 0 Å². The van der Waals surface area contributed by atoms with Gasteiger partial charge in [-0.1, -0.05) is 11.6 Å². The summed E-state index contributed by atoms with van der Waals surface area (Å²) in [5.41, 5.74) is 0.102. The number of hydrogen-bond acceptors (Lipinski definition) is 9. The zero-order chi connectivity index (χ0) is 30.3. The number of benzene rings is 2. The lowest BCUT2D eigenvalue weighted by molar-refractivity contribution is 0.0357. The van der Waals surface area contributed by atoms with Gasteiger partial charge in [-0.3, -0.25) is 14.7 Å². The average molecular weight is 615 g/mol. The second-order valence-electron chi connectivity index (χ2n) is 9.51. The van der Waals surface area contributed by atoms with Gasteiger partial charge >= 0.3 is 0 Å². The Morgan fingerprint density at radius 2 is 1.77 bits per heavy atom. The van der Waals surface area contributed by atoms with Crippen LogP contribution in [0.25, 0.3) is 10.9 Å². The molecule has 1 aliphatic heterocycles. The van der Waals surface area contributed by atoms with Crippen LogP contribution in [-0.2, 0) is 4.74 Å². The highest BCUT2D eigenvalue weighted by Gasteiger charge is 2.20. The van der Waals surface area contributed by atoms with Gasteiger partial charge in [-0.25, -0.2) is 13.8 Å². The number of pyridine rings is 2. The number of hydrogen-bond donors (Lipinski definition) is 1. The van der Waals surface area contributed by atoms with Gasteiger partial charge in [0.05, 0.1) is 45.2 Å². The van der Waals surface area contributed by atoms with Crippen LogP contribution in [0.5, 0.6) is 28.7 Å². The normalized spacial score (nSPS) is 13.5. The van der Waals surface area contributed by atoms with Crippen molar-refractivity contribution < 1.29 is 37.3 Å². The first-order valence-electron chi connectivity index (χ1n) is 13.4. The number of nitrogens with zero attached hydrogens (tertiary/aromatic N) is 3. The van der Waals surface area contributed by atoms with E-state index >= 15 is 8.78 Å². The van der Waals surface area contributed by atoms with Crippen LogP contribution in [0, 0.1) is 11.6 Å². The second-order valence-corrected chi connectivity index (χ2v) is 9.90. The molecule has 0 aliphatic carbocycles. The number of carbonyl (C=O) groups is 1. The molecule has 3 heterocycles. The first-order chi connectivity index (χ1) is 20.9. The van der Waals surface area contributed by atoms with Crippen molar-refractivity contribution in [2.24, 2.45) is 0 Å². The predicted molar refractivity (Wildman–Crippen MR) is 156 cm³/mol. The van der Waals surface area contributed by atoms with E-state index in [9.17, 15) is 4.79 Å². The molecule has 13 heteroatoms. The van der Waals surface area contributed by atoms with E-state index in [0.717, 1.165) is 51.4 Å². The summed E-state index contributed by atoms with van der Waals surface area (Å²) in [6.07, 6.45) is 3.49. The number of amides is 1. The van der Waals surface area contributed by atoms with Crippen molar-refractivity contribution in [3.63, 3.8) is 0 Å².